The SMILES string of the molecule is COc1ccc(-c2nn(-c3ccccc3)cc2C=c2sc3nc(-c4ccccc4OC(C)=O)nn3c2=O)cc1Cl. The van der Waals surface area contributed by atoms with Crippen LogP contribution in [0.5, 0.6) is 11.5 Å². The summed E-state index contributed by atoms with van der Waals surface area (Å²) in [5, 5.41) is 9.68. The van der Waals surface area contributed by atoms with Crippen LogP contribution in [0.15, 0.2) is 83.8 Å². The molecule has 0 atom stereocenters. The van der Waals surface area contributed by atoms with Crippen LogP contribution in [0.3, 0.4) is 0 Å². The first-order chi connectivity index (χ1) is 19.4. The van der Waals surface area contributed by atoms with Gasteiger partial charge in [-0.3, -0.25) is 9.59 Å². The second-order valence-corrected chi connectivity index (χ2v) is 10.1. The highest BCUT2D eigenvalue weighted by Gasteiger charge is 2.18. The van der Waals surface area contributed by atoms with E-state index in [-0.39, 0.29) is 11.4 Å². The number of hydrogen-bond donors (Lipinski definition) is 0. The Kier molecular flexibility index (Phi) is 6.63. The molecule has 11 heteroatoms. The molecule has 198 valence electrons. The average molecular weight is 570 g/mol. The minimum absolute atomic E-state index is 0.289. The lowest BCUT2D eigenvalue weighted by molar-refractivity contribution is -0.131. The van der Waals surface area contributed by atoms with Crippen LogP contribution < -0.4 is 19.6 Å². The number of benzene rings is 3. The molecule has 6 rings (SSSR count). The third kappa shape index (κ3) is 4.74. The van der Waals surface area contributed by atoms with E-state index >= 15 is 0 Å². The van der Waals surface area contributed by atoms with E-state index in [2.05, 4.69) is 10.1 Å². The number of halogens is 1. The van der Waals surface area contributed by atoms with Gasteiger partial charge in [0.2, 0.25) is 4.96 Å². The molecular formula is C29H20ClN5O4S. The topological polar surface area (TPSA) is 101 Å². The number of ether oxygens (including phenoxy) is 2. The molecule has 0 fully saturated rings. The largest absolute Gasteiger partial charge is 0.495 e. The van der Waals surface area contributed by atoms with Crippen molar-refractivity contribution >= 4 is 39.9 Å². The Morgan fingerprint density at radius 1 is 1.00 bits per heavy atom. The number of esters is 1. The van der Waals surface area contributed by atoms with E-state index in [0.717, 1.165) is 11.3 Å². The van der Waals surface area contributed by atoms with Crippen LogP contribution in [-0.4, -0.2) is 37.5 Å². The molecule has 0 radical (unpaired) electrons. The van der Waals surface area contributed by atoms with Gasteiger partial charge in [-0.25, -0.2) is 4.68 Å². The van der Waals surface area contributed by atoms with Gasteiger partial charge in [0.1, 0.15) is 17.2 Å². The molecule has 0 aliphatic heterocycles. The van der Waals surface area contributed by atoms with Gasteiger partial charge in [-0.15, -0.1) is 5.10 Å². The van der Waals surface area contributed by atoms with Crippen molar-refractivity contribution in [3.63, 3.8) is 0 Å². The lowest BCUT2D eigenvalue weighted by Crippen LogP contribution is -2.23. The molecule has 3 heterocycles. The minimum atomic E-state index is -0.458. The third-order valence-electron chi connectivity index (χ3n) is 6.04. The molecular weight excluding hydrogens is 550 g/mol. The number of carbonyl (C=O) groups is 1. The summed E-state index contributed by atoms with van der Waals surface area (Å²) in [6.07, 6.45) is 3.63. The van der Waals surface area contributed by atoms with Crippen molar-refractivity contribution in [2.24, 2.45) is 0 Å². The second kappa shape index (κ2) is 10.4. The first kappa shape index (κ1) is 25.5. The van der Waals surface area contributed by atoms with Crippen molar-refractivity contribution in [2.75, 3.05) is 7.11 Å². The zero-order chi connectivity index (χ0) is 27.8. The molecule has 6 aromatic rings. The Morgan fingerprint density at radius 3 is 2.50 bits per heavy atom. The predicted octanol–water partition coefficient (Wildman–Crippen LogP) is 4.81. The van der Waals surface area contributed by atoms with E-state index in [0.29, 0.717) is 42.8 Å². The second-order valence-electron chi connectivity index (χ2n) is 8.70. The average Bonchev–Trinajstić information content (AvgIpc) is 3.64. The van der Waals surface area contributed by atoms with Gasteiger partial charge in [0.15, 0.2) is 5.82 Å². The minimum Gasteiger partial charge on any atom is -0.495 e. The van der Waals surface area contributed by atoms with Crippen molar-refractivity contribution < 1.29 is 14.3 Å². The van der Waals surface area contributed by atoms with Crippen LogP contribution in [-0.2, 0) is 4.79 Å². The third-order valence-corrected chi connectivity index (χ3v) is 7.29. The number of rotatable bonds is 6. The van der Waals surface area contributed by atoms with Gasteiger partial charge in [-0.05, 0) is 48.5 Å². The summed E-state index contributed by atoms with van der Waals surface area (Å²) in [7, 11) is 1.56. The Morgan fingerprint density at radius 2 is 1.77 bits per heavy atom. The molecule has 0 aliphatic rings. The molecule has 0 saturated carbocycles. The fourth-order valence-electron chi connectivity index (χ4n) is 4.23. The van der Waals surface area contributed by atoms with Gasteiger partial charge in [0, 0.05) is 24.2 Å². The smallest absolute Gasteiger partial charge is 0.308 e. The highest BCUT2D eigenvalue weighted by molar-refractivity contribution is 7.15. The molecule has 0 aliphatic carbocycles. The number of carbonyl (C=O) groups excluding carboxylic acids is 1. The quantitative estimate of drug-likeness (QED) is 0.210. The standard InChI is InChI=1S/C29H20ClN5O4S/c1-17(36)39-23-11-7-6-10-21(23)27-31-29-35(33-27)28(37)25(40-29)15-19-16-34(20-8-4-3-5-9-20)32-26(19)18-12-13-24(38-2)22(30)14-18/h3-16H,1-2H3. The Hall–Kier alpha value is -4.80. The van der Waals surface area contributed by atoms with E-state index in [4.69, 9.17) is 26.2 Å². The maximum absolute atomic E-state index is 13.4. The summed E-state index contributed by atoms with van der Waals surface area (Å²) in [4.78, 5) is 29.9. The molecule has 0 spiro atoms. The summed E-state index contributed by atoms with van der Waals surface area (Å²) in [6, 6.07) is 22.0. The maximum atomic E-state index is 13.4. The van der Waals surface area contributed by atoms with E-state index in [1.54, 1.807) is 54.3 Å². The first-order valence-corrected chi connectivity index (χ1v) is 13.3. The highest BCUT2D eigenvalue weighted by Crippen LogP contribution is 2.32. The molecule has 40 heavy (non-hydrogen) atoms. The molecule has 0 N–H and O–H groups in total. The van der Waals surface area contributed by atoms with E-state index in [9.17, 15) is 9.59 Å². The number of hydrogen-bond acceptors (Lipinski definition) is 8. The molecule has 0 unspecified atom stereocenters. The first-order valence-electron chi connectivity index (χ1n) is 12.1. The van der Waals surface area contributed by atoms with Crippen LogP contribution in [0.1, 0.15) is 12.5 Å². The molecule has 3 aromatic heterocycles. The van der Waals surface area contributed by atoms with Crippen LogP contribution in [0.4, 0.5) is 0 Å². The number of nitrogens with zero attached hydrogens (tertiary/aromatic N) is 5. The summed E-state index contributed by atoms with van der Waals surface area (Å²) in [5.41, 5.74) is 3.18. The van der Waals surface area contributed by atoms with Crippen LogP contribution in [0, 0.1) is 0 Å². The Labute approximate surface area is 236 Å². The highest BCUT2D eigenvalue weighted by atomic mass is 35.5. The predicted molar refractivity (Wildman–Crippen MR) is 153 cm³/mol. The van der Waals surface area contributed by atoms with Gasteiger partial charge < -0.3 is 9.47 Å². The zero-order valence-corrected chi connectivity index (χ0v) is 22.8. The molecule has 0 saturated heterocycles. The van der Waals surface area contributed by atoms with E-state index in [1.807, 2.05) is 42.6 Å². The lowest BCUT2D eigenvalue weighted by Gasteiger charge is -2.05. The van der Waals surface area contributed by atoms with E-state index in [1.165, 1.54) is 22.8 Å². The van der Waals surface area contributed by atoms with Crippen molar-refractivity contribution in [2.45, 2.75) is 6.92 Å². The molecule has 0 amide bonds. The van der Waals surface area contributed by atoms with Gasteiger partial charge in [-0.1, -0.05) is 53.3 Å². The normalized spacial score (nSPS) is 11.7. The van der Waals surface area contributed by atoms with Crippen LogP contribution in [0.2, 0.25) is 5.02 Å². The molecule has 9 nitrogen and oxygen atoms in total. The van der Waals surface area contributed by atoms with Crippen molar-refractivity contribution in [3.8, 4) is 39.8 Å². The Bertz CT molecular complexity index is 2000. The number of aromatic nitrogens is 5. The molecule has 0 bridgehead atoms. The zero-order valence-electron chi connectivity index (χ0n) is 21.2. The summed E-state index contributed by atoms with van der Waals surface area (Å²) >= 11 is 7.62. The van der Waals surface area contributed by atoms with Gasteiger partial charge in [0.25, 0.3) is 5.56 Å². The summed E-state index contributed by atoms with van der Waals surface area (Å²) in [6.45, 7) is 1.32. The van der Waals surface area contributed by atoms with Gasteiger partial charge >= 0.3 is 5.97 Å². The fraction of sp³-hybridized carbons (Fsp3) is 0.0690. The monoisotopic (exact) mass is 569 g/mol. The number of para-hydroxylation sites is 2. The van der Waals surface area contributed by atoms with Crippen molar-refractivity contribution in [1.82, 2.24) is 24.4 Å². The number of fused-ring (bicyclic) bond motifs is 1. The van der Waals surface area contributed by atoms with Gasteiger partial charge in [0.05, 0.1) is 27.9 Å². The Balaban J connectivity index is 1.47. The lowest BCUT2D eigenvalue weighted by atomic mass is 10.1. The number of thiazole rings is 1. The van der Waals surface area contributed by atoms with E-state index < -0.39 is 5.97 Å². The molecule has 3 aromatic carbocycles. The van der Waals surface area contributed by atoms with Crippen molar-refractivity contribution in [1.29, 1.82) is 0 Å². The summed E-state index contributed by atoms with van der Waals surface area (Å²) in [5.74, 6) is 0.706. The van der Waals surface area contributed by atoms with Gasteiger partial charge in [-0.2, -0.15) is 14.6 Å². The summed E-state index contributed by atoms with van der Waals surface area (Å²) < 4.78 is 14.0. The van der Waals surface area contributed by atoms with Crippen LogP contribution in [0.25, 0.3) is 39.4 Å². The fourth-order valence-corrected chi connectivity index (χ4v) is 5.38. The number of methoxy groups -OCH3 is 1. The van der Waals surface area contributed by atoms with Crippen LogP contribution >= 0.6 is 22.9 Å². The maximum Gasteiger partial charge on any atom is 0.308 e. The van der Waals surface area contributed by atoms with Crippen molar-refractivity contribution in [3.05, 3.63) is 104 Å².